The Morgan fingerprint density at radius 2 is 2.06 bits per heavy atom. The molecular weight excluding hydrogens is 226 g/mol. The van der Waals surface area contributed by atoms with E-state index in [1.54, 1.807) is 24.9 Å². The van der Waals surface area contributed by atoms with Crippen LogP contribution in [-0.2, 0) is 6.54 Å². The Bertz CT molecular complexity index is 647. The lowest BCUT2D eigenvalue weighted by atomic mass is 10.2. The van der Waals surface area contributed by atoms with Crippen LogP contribution < -0.4 is 5.73 Å². The van der Waals surface area contributed by atoms with Crippen molar-refractivity contribution in [2.45, 2.75) is 12.6 Å². The Morgan fingerprint density at radius 3 is 2.89 bits per heavy atom. The summed E-state index contributed by atoms with van der Waals surface area (Å²) in [6.07, 6.45) is 6.80. The van der Waals surface area contributed by atoms with Gasteiger partial charge in [-0.1, -0.05) is 12.1 Å². The van der Waals surface area contributed by atoms with E-state index in [0.29, 0.717) is 6.54 Å². The number of benzene rings is 1. The lowest BCUT2D eigenvalue weighted by Gasteiger charge is -2.11. The predicted molar refractivity (Wildman–Crippen MR) is 68.7 cm³/mol. The minimum Gasteiger partial charge on any atom is -0.329 e. The van der Waals surface area contributed by atoms with Crippen molar-refractivity contribution < 1.29 is 0 Å². The van der Waals surface area contributed by atoms with Gasteiger partial charge in [0.1, 0.15) is 0 Å². The summed E-state index contributed by atoms with van der Waals surface area (Å²) in [5.41, 5.74) is 8.97. The maximum atomic E-state index is 6.13. The molecule has 0 spiro atoms. The molecule has 2 heterocycles. The molecule has 2 N–H and O–H groups in total. The fraction of sp³-hybridized carbons (Fsp3) is 0.154. The quantitative estimate of drug-likeness (QED) is 0.752. The van der Waals surface area contributed by atoms with Gasteiger partial charge in [-0.25, -0.2) is 4.98 Å². The zero-order chi connectivity index (χ0) is 12.4. The molecule has 0 fully saturated rings. The lowest BCUT2D eigenvalue weighted by Crippen LogP contribution is -2.18. The second-order valence-electron chi connectivity index (χ2n) is 4.12. The van der Waals surface area contributed by atoms with E-state index in [-0.39, 0.29) is 6.04 Å². The third-order valence-electron chi connectivity index (χ3n) is 2.88. The summed E-state index contributed by atoms with van der Waals surface area (Å²) >= 11 is 0. The Balaban J connectivity index is 1.89. The third-order valence-corrected chi connectivity index (χ3v) is 2.88. The molecule has 1 aromatic carbocycles. The molecule has 0 bridgehead atoms. The minimum absolute atomic E-state index is 0.184. The highest BCUT2D eigenvalue weighted by molar-refractivity contribution is 5.74. The molecule has 18 heavy (non-hydrogen) atoms. The number of para-hydroxylation sites is 2. The first-order chi connectivity index (χ1) is 8.84. The summed E-state index contributed by atoms with van der Waals surface area (Å²) in [5, 5.41) is 0. The van der Waals surface area contributed by atoms with Crippen LogP contribution in [0.5, 0.6) is 0 Å². The summed E-state index contributed by atoms with van der Waals surface area (Å²) in [7, 11) is 0. The number of nitrogens with zero attached hydrogens (tertiary/aromatic N) is 4. The maximum absolute atomic E-state index is 6.13. The molecule has 5 heteroatoms. The third kappa shape index (κ3) is 1.96. The molecular formula is C13H13N5. The summed E-state index contributed by atoms with van der Waals surface area (Å²) in [6.45, 7) is 0.638. The molecule has 90 valence electrons. The Hall–Kier alpha value is -2.27. The van der Waals surface area contributed by atoms with Crippen molar-refractivity contribution in [3.05, 3.63) is 54.9 Å². The number of nitrogens with two attached hydrogens (primary N) is 1. The highest BCUT2D eigenvalue weighted by atomic mass is 15.1. The van der Waals surface area contributed by atoms with Crippen LogP contribution in [0.4, 0.5) is 0 Å². The largest absolute Gasteiger partial charge is 0.329 e. The zero-order valence-corrected chi connectivity index (χ0v) is 9.77. The van der Waals surface area contributed by atoms with E-state index < -0.39 is 0 Å². The topological polar surface area (TPSA) is 69.6 Å². The Labute approximate surface area is 104 Å². The summed E-state index contributed by atoms with van der Waals surface area (Å²) < 4.78 is 2.04. The van der Waals surface area contributed by atoms with Crippen LogP contribution in [0.3, 0.4) is 0 Å². The molecule has 0 aliphatic rings. The van der Waals surface area contributed by atoms with Gasteiger partial charge in [0, 0.05) is 18.9 Å². The van der Waals surface area contributed by atoms with Gasteiger partial charge in [0.15, 0.2) is 0 Å². The van der Waals surface area contributed by atoms with Crippen LogP contribution in [0.15, 0.2) is 49.2 Å². The molecule has 1 atom stereocenters. The monoisotopic (exact) mass is 239 g/mol. The van der Waals surface area contributed by atoms with Crippen LogP contribution >= 0.6 is 0 Å². The van der Waals surface area contributed by atoms with Gasteiger partial charge >= 0.3 is 0 Å². The molecule has 3 rings (SSSR count). The molecule has 0 saturated carbocycles. The van der Waals surface area contributed by atoms with Crippen LogP contribution in [-0.4, -0.2) is 19.5 Å². The molecule has 0 aliphatic heterocycles. The van der Waals surface area contributed by atoms with E-state index in [2.05, 4.69) is 15.0 Å². The van der Waals surface area contributed by atoms with E-state index in [1.807, 2.05) is 28.8 Å². The Morgan fingerprint density at radius 1 is 1.17 bits per heavy atom. The summed E-state index contributed by atoms with van der Waals surface area (Å²) in [4.78, 5) is 12.6. The predicted octanol–water partition coefficient (Wildman–Crippen LogP) is 1.53. The molecule has 1 unspecified atom stereocenters. The molecule has 0 radical (unpaired) electrons. The first-order valence-electron chi connectivity index (χ1n) is 5.76. The number of hydrogen-bond acceptors (Lipinski definition) is 4. The standard InChI is InChI=1S/C13H13N5/c14-10(12-7-15-5-6-16-12)8-18-9-17-11-3-1-2-4-13(11)18/h1-7,9-10H,8,14H2. The molecule has 2 aromatic heterocycles. The fourth-order valence-corrected chi connectivity index (χ4v) is 1.96. The van der Waals surface area contributed by atoms with Crippen molar-refractivity contribution >= 4 is 11.0 Å². The van der Waals surface area contributed by atoms with Gasteiger partial charge < -0.3 is 10.3 Å². The molecule has 5 nitrogen and oxygen atoms in total. The van der Waals surface area contributed by atoms with Crippen molar-refractivity contribution in [1.82, 2.24) is 19.5 Å². The van der Waals surface area contributed by atoms with Gasteiger partial charge in [-0.2, -0.15) is 0 Å². The number of hydrogen-bond donors (Lipinski definition) is 1. The number of imidazole rings is 1. The molecule has 0 saturated heterocycles. The van der Waals surface area contributed by atoms with Crippen LogP contribution in [0.1, 0.15) is 11.7 Å². The smallest absolute Gasteiger partial charge is 0.0958 e. The average Bonchev–Trinajstić information content (AvgIpc) is 2.83. The minimum atomic E-state index is -0.184. The highest BCUT2D eigenvalue weighted by Crippen LogP contribution is 2.15. The second-order valence-corrected chi connectivity index (χ2v) is 4.12. The Kier molecular flexibility index (Phi) is 2.74. The van der Waals surface area contributed by atoms with Gasteiger partial charge in [0.25, 0.3) is 0 Å². The average molecular weight is 239 g/mol. The fourth-order valence-electron chi connectivity index (χ4n) is 1.96. The van der Waals surface area contributed by atoms with Crippen molar-refractivity contribution in [3.63, 3.8) is 0 Å². The number of aromatic nitrogens is 4. The van der Waals surface area contributed by atoms with Gasteiger partial charge in [0.2, 0.25) is 0 Å². The summed E-state index contributed by atoms with van der Waals surface area (Å²) in [5.74, 6) is 0. The number of rotatable bonds is 3. The molecule has 0 amide bonds. The van der Waals surface area contributed by atoms with Crippen molar-refractivity contribution in [2.75, 3.05) is 0 Å². The lowest BCUT2D eigenvalue weighted by molar-refractivity contribution is 0.573. The van der Waals surface area contributed by atoms with Crippen LogP contribution in [0.25, 0.3) is 11.0 Å². The van der Waals surface area contributed by atoms with Crippen molar-refractivity contribution in [3.8, 4) is 0 Å². The number of fused-ring (bicyclic) bond motifs is 1. The SMILES string of the molecule is NC(Cn1cnc2ccccc21)c1cnccn1. The van der Waals surface area contributed by atoms with E-state index in [1.165, 1.54) is 0 Å². The van der Waals surface area contributed by atoms with E-state index in [9.17, 15) is 0 Å². The maximum Gasteiger partial charge on any atom is 0.0958 e. The van der Waals surface area contributed by atoms with E-state index in [0.717, 1.165) is 16.7 Å². The van der Waals surface area contributed by atoms with Gasteiger partial charge in [-0.15, -0.1) is 0 Å². The van der Waals surface area contributed by atoms with Gasteiger partial charge in [0.05, 0.1) is 35.3 Å². The highest BCUT2D eigenvalue weighted by Gasteiger charge is 2.10. The van der Waals surface area contributed by atoms with Crippen LogP contribution in [0, 0.1) is 0 Å². The second kappa shape index (κ2) is 4.54. The van der Waals surface area contributed by atoms with Gasteiger partial charge in [-0.3, -0.25) is 9.97 Å². The first kappa shape index (κ1) is 10.9. The van der Waals surface area contributed by atoms with E-state index >= 15 is 0 Å². The first-order valence-corrected chi connectivity index (χ1v) is 5.76. The molecule has 3 aromatic rings. The van der Waals surface area contributed by atoms with E-state index in [4.69, 9.17) is 5.73 Å². The van der Waals surface area contributed by atoms with Crippen molar-refractivity contribution in [1.29, 1.82) is 0 Å². The van der Waals surface area contributed by atoms with Crippen molar-refractivity contribution in [2.24, 2.45) is 5.73 Å². The van der Waals surface area contributed by atoms with Crippen LogP contribution in [0.2, 0.25) is 0 Å². The molecule has 0 aliphatic carbocycles. The normalized spacial score (nSPS) is 12.7. The van der Waals surface area contributed by atoms with Gasteiger partial charge in [-0.05, 0) is 12.1 Å². The summed E-state index contributed by atoms with van der Waals surface area (Å²) in [6, 6.07) is 7.80. The zero-order valence-electron chi connectivity index (χ0n) is 9.77.